The summed E-state index contributed by atoms with van der Waals surface area (Å²) >= 11 is 0. The molecule has 5 heteroatoms. The zero-order valence-corrected chi connectivity index (χ0v) is 15.5. The maximum atomic E-state index is 13.3. The summed E-state index contributed by atoms with van der Waals surface area (Å²) in [6, 6.07) is 12.5. The van der Waals surface area contributed by atoms with Crippen LogP contribution in [0.5, 0.6) is 0 Å². The highest BCUT2D eigenvalue weighted by Crippen LogP contribution is 2.33. The minimum atomic E-state index is 0.0430. The normalized spacial score (nSPS) is 15.4. The van der Waals surface area contributed by atoms with Crippen LogP contribution >= 0.6 is 0 Å². The van der Waals surface area contributed by atoms with Gasteiger partial charge in [0, 0.05) is 23.8 Å². The van der Waals surface area contributed by atoms with E-state index in [1.165, 1.54) is 0 Å². The molecule has 3 aromatic rings. The average molecular weight is 348 g/mol. The Balaban J connectivity index is 1.77. The van der Waals surface area contributed by atoms with E-state index in [1.807, 2.05) is 41.3 Å². The topological polar surface area (TPSA) is 50.5 Å². The Bertz CT molecular complexity index is 928. The Kier molecular flexibility index (Phi) is 4.23. The predicted molar refractivity (Wildman–Crippen MR) is 102 cm³/mol. The molecule has 0 aliphatic heterocycles. The van der Waals surface area contributed by atoms with Crippen LogP contribution in [0.3, 0.4) is 0 Å². The fourth-order valence-corrected chi connectivity index (χ4v) is 3.37. The molecule has 1 aromatic carbocycles. The van der Waals surface area contributed by atoms with Crippen LogP contribution in [0, 0.1) is 5.92 Å². The zero-order chi connectivity index (χ0) is 18.3. The molecular formula is C21H24N4O. The fraction of sp³-hybridized carbons (Fsp3) is 0.381. The van der Waals surface area contributed by atoms with Gasteiger partial charge in [0.05, 0.1) is 11.9 Å². The number of carbonyl (C=O) groups is 1. The van der Waals surface area contributed by atoms with Crippen LogP contribution in [0.2, 0.25) is 0 Å². The molecule has 134 valence electrons. The second kappa shape index (κ2) is 6.56. The predicted octanol–water partition coefficient (Wildman–Crippen LogP) is 4.05. The number of rotatable bonds is 5. The van der Waals surface area contributed by atoms with Gasteiger partial charge in [0.2, 0.25) is 0 Å². The van der Waals surface area contributed by atoms with Crippen LogP contribution in [0.4, 0.5) is 0 Å². The minimum absolute atomic E-state index is 0.0430. The number of aromatic nitrogens is 3. The van der Waals surface area contributed by atoms with E-state index in [9.17, 15) is 4.79 Å². The second-order valence-electron chi connectivity index (χ2n) is 7.42. The highest BCUT2D eigenvalue weighted by Gasteiger charge is 2.38. The summed E-state index contributed by atoms with van der Waals surface area (Å²) in [6.45, 7) is 6.46. The first kappa shape index (κ1) is 16.8. The smallest absolute Gasteiger partial charge is 0.259 e. The molecule has 1 saturated carbocycles. The van der Waals surface area contributed by atoms with Crippen LogP contribution in [0.15, 0.2) is 48.8 Å². The molecule has 0 radical (unpaired) electrons. The third kappa shape index (κ3) is 2.87. The molecule has 26 heavy (non-hydrogen) atoms. The Morgan fingerprint density at radius 3 is 2.54 bits per heavy atom. The number of benzene rings is 1. The molecule has 1 atom stereocenters. The standard InChI is InChI=1S/C21H24N4O/c1-14(2)15(3)24(17-9-10-17)21(26)18-13-23-25-19(11-12-22-20(18)25)16-7-5-4-6-8-16/h4-8,11-15,17H,9-10H2,1-3H3. The van der Waals surface area contributed by atoms with Gasteiger partial charge in [-0.1, -0.05) is 44.2 Å². The summed E-state index contributed by atoms with van der Waals surface area (Å²) in [7, 11) is 0. The molecule has 1 amide bonds. The number of nitrogens with zero attached hydrogens (tertiary/aromatic N) is 4. The number of fused-ring (bicyclic) bond motifs is 1. The Hall–Kier alpha value is -2.69. The second-order valence-corrected chi connectivity index (χ2v) is 7.42. The fourth-order valence-electron chi connectivity index (χ4n) is 3.37. The summed E-state index contributed by atoms with van der Waals surface area (Å²) in [5.74, 6) is 0.454. The van der Waals surface area contributed by atoms with Crippen molar-refractivity contribution in [2.45, 2.75) is 45.7 Å². The summed E-state index contributed by atoms with van der Waals surface area (Å²) in [5, 5.41) is 4.49. The van der Waals surface area contributed by atoms with Crippen LogP contribution in [-0.2, 0) is 0 Å². The van der Waals surface area contributed by atoms with Gasteiger partial charge in [-0.25, -0.2) is 9.50 Å². The van der Waals surface area contributed by atoms with Crippen LogP contribution in [0.1, 0.15) is 44.0 Å². The maximum absolute atomic E-state index is 13.3. The van der Waals surface area contributed by atoms with Gasteiger partial charge < -0.3 is 4.90 Å². The van der Waals surface area contributed by atoms with E-state index < -0.39 is 0 Å². The van der Waals surface area contributed by atoms with Gasteiger partial charge in [-0.15, -0.1) is 0 Å². The molecule has 0 N–H and O–H groups in total. The van der Waals surface area contributed by atoms with Crippen LogP contribution in [-0.4, -0.2) is 37.5 Å². The molecule has 0 saturated heterocycles. The van der Waals surface area contributed by atoms with Gasteiger partial charge in [-0.05, 0) is 31.7 Å². The van der Waals surface area contributed by atoms with E-state index in [0.717, 1.165) is 24.1 Å². The minimum Gasteiger partial charge on any atom is -0.333 e. The van der Waals surface area contributed by atoms with Gasteiger partial charge >= 0.3 is 0 Å². The van der Waals surface area contributed by atoms with E-state index >= 15 is 0 Å². The van der Waals surface area contributed by atoms with Crippen molar-refractivity contribution in [3.63, 3.8) is 0 Å². The first-order chi connectivity index (χ1) is 12.6. The van der Waals surface area contributed by atoms with E-state index in [1.54, 1.807) is 16.9 Å². The largest absolute Gasteiger partial charge is 0.333 e. The van der Waals surface area contributed by atoms with Crippen LogP contribution in [0.25, 0.3) is 16.9 Å². The van der Waals surface area contributed by atoms with Gasteiger partial charge in [0.1, 0.15) is 5.56 Å². The van der Waals surface area contributed by atoms with Crippen molar-refractivity contribution < 1.29 is 4.79 Å². The summed E-state index contributed by atoms with van der Waals surface area (Å²) in [5.41, 5.74) is 3.20. The van der Waals surface area contributed by atoms with Crippen molar-refractivity contribution in [2.75, 3.05) is 0 Å². The maximum Gasteiger partial charge on any atom is 0.259 e. The molecule has 0 spiro atoms. The lowest BCUT2D eigenvalue weighted by Crippen LogP contribution is -2.43. The number of hydrogen-bond donors (Lipinski definition) is 0. The molecule has 0 bridgehead atoms. The van der Waals surface area contributed by atoms with Gasteiger partial charge in [0.15, 0.2) is 5.65 Å². The highest BCUT2D eigenvalue weighted by molar-refractivity contribution is 6.00. The summed E-state index contributed by atoms with van der Waals surface area (Å²) in [4.78, 5) is 19.8. The number of hydrogen-bond acceptors (Lipinski definition) is 3. The monoisotopic (exact) mass is 348 g/mol. The SMILES string of the molecule is CC(C)C(C)N(C(=O)c1cnn2c(-c3ccccc3)ccnc12)C1CC1. The summed E-state index contributed by atoms with van der Waals surface area (Å²) in [6.07, 6.45) is 5.60. The van der Waals surface area contributed by atoms with E-state index in [2.05, 4.69) is 30.9 Å². The lowest BCUT2D eigenvalue weighted by molar-refractivity contribution is 0.0629. The number of carbonyl (C=O) groups excluding carboxylic acids is 1. The lowest BCUT2D eigenvalue weighted by atomic mass is 10.0. The molecule has 5 nitrogen and oxygen atoms in total. The molecule has 4 rings (SSSR count). The van der Waals surface area contributed by atoms with Crippen molar-refractivity contribution in [3.8, 4) is 11.3 Å². The third-order valence-electron chi connectivity index (χ3n) is 5.28. The van der Waals surface area contributed by atoms with Crippen molar-refractivity contribution in [1.29, 1.82) is 0 Å². The molecule has 1 aliphatic rings. The van der Waals surface area contributed by atoms with Gasteiger partial charge in [-0.2, -0.15) is 5.10 Å². The van der Waals surface area contributed by atoms with Crippen LogP contribution < -0.4 is 0 Å². The third-order valence-corrected chi connectivity index (χ3v) is 5.28. The first-order valence-electron chi connectivity index (χ1n) is 9.28. The zero-order valence-electron chi connectivity index (χ0n) is 15.5. The molecule has 2 heterocycles. The molecule has 2 aromatic heterocycles. The Morgan fingerprint density at radius 1 is 1.15 bits per heavy atom. The first-order valence-corrected chi connectivity index (χ1v) is 9.28. The Labute approximate surface area is 153 Å². The molecule has 1 aliphatic carbocycles. The average Bonchev–Trinajstić information content (AvgIpc) is 3.39. The molecular weight excluding hydrogens is 324 g/mol. The molecule has 1 fully saturated rings. The van der Waals surface area contributed by atoms with Gasteiger partial charge in [-0.3, -0.25) is 4.79 Å². The van der Waals surface area contributed by atoms with E-state index in [0.29, 0.717) is 23.2 Å². The van der Waals surface area contributed by atoms with Crippen molar-refractivity contribution in [2.24, 2.45) is 5.92 Å². The Morgan fingerprint density at radius 2 is 1.88 bits per heavy atom. The highest BCUT2D eigenvalue weighted by atomic mass is 16.2. The lowest BCUT2D eigenvalue weighted by Gasteiger charge is -2.31. The van der Waals surface area contributed by atoms with Gasteiger partial charge in [0.25, 0.3) is 5.91 Å². The van der Waals surface area contributed by atoms with Crippen molar-refractivity contribution in [1.82, 2.24) is 19.5 Å². The summed E-state index contributed by atoms with van der Waals surface area (Å²) < 4.78 is 1.77. The van der Waals surface area contributed by atoms with E-state index in [4.69, 9.17) is 0 Å². The number of amides is 1. The van der Waals surface area contributed by atoms with Crippen molar-refractivity contribution >= 4 is 11.6 Å². The quantitative estimate of drug-likeness (QED) is 0.699. The van der Waals surface area contributed by atoms with E-state index in [-0.39, 0.29) is 11.9 Å². The molecule has 1 unspecified atom stereocenters. The van der Waals surface area contributed by atoms with Crippen molar-refractivity contribution in [3.05, 3.63) is 54.4 Å².